The Bertz CT molecular complexity index is 584. The first kappa shape index (κ1) is 14.9. The van der Waals surface area contributed by atoms with Crippen LogP contribution in [0.25, 0.3) is 0 Å². The standard InChI is InChI=1S/C10H16N4O5S/c1-7-12-9(13-19-7)5-11-20(17,18)14-4-2-3-8(6-14)10(15)16/h8,11H,2-6H2,1H3,(H,15,16). The number of carbonyl (C=O) groups is 1. The van der Waals surface area contributed by atoms with Crippen molar-refractivity contribution in [3.63, 3.8) is 0 Å². The van der Waals surface area contributed by atoms with Crippen LogP contribution < -0.4 is 4.72 Å². The number of aryl methyl sites for hydroxylation is 1. The highest BCUT2D eigenvalue weighted by Gasteiger charge is 2.32. The van der Waals surface area contributed by atoms with E-state index in [0.717, 1.165) is 4.31 Å². The van der Waals surface area contributed by atoms with Crippen LogP contribution in [0.2, 0.25) is 0 Å². The highest BCUT2D eigenvalue weighted by molar-refractivity contribution is 7.87. The van der Waals surface area contributed by atoms with Gasteiger partial charge in [0, 0.05) is 20.0 Å². The van der Waals surface area contributed by atoms with Gasteiger partial charge < -0.3 is 9.63 Å². The lowest BCUT2D eigenvalue weighted by Gasteiger charge is -2.29. The summed E-state index contributed by atoms with van der Waals surface area (Å²) in [7, 11) is -3.74. The molecule has 112 valence electrons. The van der Waals surface area contributed by atoms with E-state index in [1.807, 2.05) is 0 Å². The van der Waals surface area contributed by atoms with Gasteiger partial charge in [0.25, 0.3) is 10.2 Å². The molecule has 0 radical (unpaired) electrons. The van der Waals surface area contributed by atoms with Crippen molar-refractivity contribution in [1.82, 2.24) is 19.2 Å². The zero-order valence-corrected chi connectivity index (χ0v) is 11.8. The van der Waals surface area contributed by atoms with Crippen molar-refractivity contribution in [3.05, 3.63) is 11.7 Å². The molecule has 10 heteroatoms. The van der Waals surface area contributed by atoms with E-state index >= 15 is 0 Å². The third-order valence-electron chi connectivity index (χ3n) is 3.06. The fourth-order valence-electron chi connectivity index (χ4n) is 2.02. The van der Waals surface area contributed by atoms with Gasteiger partial charge >= 0.3 is 5.97 Å². The van der Waals surface area contributed by atoms with Crippen molar-refractivity contribution < 1.29 is 22.8 Å². The minimum absolute atomic E-state index is 0.0179. The van der Waals surface area contributed by atoms with Crippen LogP contribution in [-0.4, -0.2) is 47.0 Å². The van der Waals surface area contributed by atoms with Crippen LogP contribution in [0.3, 0.4) is 0 Å². The van der Waals surface area contributed by atoms with Gasteiger partial charge in [0.1, 0.15) is 0 Å². The predicted octanol–water partition coefficient (Wildman–Crippen LogP) is -0.491. The van der Waals surface area contributed by atoms with Gasteiger partial charge in [-0.05, 0) is 12.8 Å². The molecule has 0 aromatic carbocycles. The van der Waals surface area contributed by atoms with Crippen LogP contribution >= 0.6 is 0 Å². The topological polar surface area (TPSA) is 126 Å². The second kappa shape index (κ2) is 5.85. The monoisotopic (exact) mass is 304 g/mol. The minimum atomic E-state index is -3.74. The van der Waals surface area contributed by atoms with E-state index in [9.17, 15) is 13.2 Å². The first-order valence-electron chi connectivity index (χ1n) is 6.15. The third-order valence-corrected chi connectivity index (χ3v) is 4.58. The Balaban J connectivity index is 1.97. The zero-order valence-electron chi connectivity index (χ0n) is 10.9. The third kappa shape index (κ3) is 3.52. The molecule has 1 aromatic rings. The Labute approximate surface area is 116 Å². The second-order valence-electron chi connectivity index (χ2n) is 4.59. The molecule has 1 unspecified atom stereocenters. The summed E-state index contributed by atoms with van der Waals surface area (Å²) in [6.07, 6.45) is 1.02. The quantitative estimate of drug-likeness (QED) is 0.751. The zero-order chi connectivity index (χ0) is 14.8. The number of carboxylic acid groups (broad SMARTS) is 1. The number of carboxylic acids is 1. The van der Waals surface area contributed by atoms with E-state index in [-0.39, 0.29) is 18.9 Å². The normalized spacial score (nSPS) is 20.9. The van der Waals surface area contributed by atoms with Gasteiger partial charge in [-0.2, -0.15) is 22.4 Å². The molecular formula is C10H16N4O5S. The number of hydrogen-bond acceptors (Lipinski definition) is 6. The molecule has 0 saturated carbocycles. The molecule has 20 heavy (non-hydrogen) atoms. The van der Waals surface area contributed by atoms with Crippen molar-refractivity contribution in [2.75, 3.05) is 13.1 Å². The van der Waals surface area contributed by atoms with E-state index in [1.165, 1.54) is 0 Å². The molecule has 0 aliphatic carbocycles. The van der Waals surface area contributed by atoms with Crippen LogP contribution in [0.5, 0.6) is 0 Å². The lowest BCUT2D eigenvalue weighted by Crippen LogP contribution is -2.47. The van der Waals surface area contributed by atoms with Crippen molar-refractivity contribution >= 4 is 16.2 Å². The predicted molar refractivity (Wildman–Crippen MR) is 66.7 cm³/mol. The number of nitrogens with one attached hydrogen (secondary N) is 1. The average molecular weight is 304 g/mol. The van der Waals surface area contributed by atoms with Crippen molar-refractivity contribution in [1.29, 1.82) is 0 Å². The molecule has 0 bridgehead atoms. The number of hydrogen-bond donors (Lipinski definition) is 2. The van der Waals surface area contributed by atoms with Crippen molar-refractivity contribution in [2.45, 2.75) is 26.3 Å². The fourth-order valence-corrected chi connectivity index (χ4v) is 3.26. The summed E-state index contributed by atoms with van der Waals surface area (Å²) < 4.78 is 32.4. The summed E-state index contributed by atoms with van der Waals surface area (Å²) >= 11 is 0. The van der Waals surface area contributed by atoms with E-state index in [2.05, 4.69) is 14.9 Å². The molecule has 2 rings (SSSR count). The molecule has 1 aliphatic rings. The minimum Gasteiger partial charge on any atom is -0.481 e. The van der Waals surface area contributed by atoms with E-state index in [0.29, 0.717) is 25.3 Å². The van der Waals surface area contributed by atoms with E-state index in [1.54, 1.807) is 6.92 Å². The largest absolute Gasteiger partial charge is 0.481 e. The number of rotatable bonds is 5. The van der Waals surface area contributed by atoms with Gasteiger partial charge in [0.05, 0.1) is 12.5 Å². The van der Waals surface area contributed by atoms with Crippen LogP contribution in [-0.2, 0) is 21.5 Å². The molecule has 1 aromatic heterocycles. The van der Waals surface area contributed by atoms with Crippen molar-refractivity contribution in [2.24, 2.45) is 5.92 Å². The Hall–Kier alpha value is -1.52. The van der Waals surface area contributed by atoms with Gasteiger partial charge in [0.2, 0.25) is 5.89 Å². The summed E-state index contributed by atoms with van der Waals surface area (Å²) in [4.78, 5) is 14.8. The van der Waals surface area contributed by atoms with Crippen LogP contribution in [0, 0.1) is 12.8 Å². The molecule has 2 heterocycles. The van der Waals surface area contributed by atoms with E-state index < -0.39 is 22.1 Å². The first-order valence-corrected chi connectivity index (χ1v) is 7.59. The SMILES string of the molecule is Cc1nc(CNS(=O)(=O)N2CCCC(C(=O)O)C2)no1. The smallest absolute Gasteiger partial charge is 0.307 e. The average Bonchev–Trinajstić information content (AvgIpc) is 2.82. The number of piperidine rings is 1. The molecule has 0 spiro atoms. The maximum atomic E-state index is 12.1. The first-order chi connectivity index (χ1) is 9.38. The van der Waals surface area contributed by atoms with Crippen LogP contribution in [0.15, 0.2) is 4.52 Å². The van der Waals surface area contributed by atoms with Gasteiger partial charge in [-0.15, -0.1) is 0 Å². The molecule has 0 amide bonds. The fraction of sp³-hybridized carbons (Fsp3) is 0.700. The summed E-state index contributed by atoms with van der Waals surface area (Å²) in [5.74, 6) is -1.05. The molecule has 1 saturated heterocycles. The lowest BCUT2D eigenvalue weighted by molar-refractivity contribution is -0.142. The van der Waals surface area contributed by atoms with E-state index in [4.69, 9.17) is 9.63 Å². The lowest BCUT2D eigenvalue weighted by atomic mass is 10.0. The second-order valence-corrected chi connectivity index (χ2v) is 6.35. The number of aromatic nitrogens is 2. The molecule has 2 N–H and O–H groups in total. The Morgan fingerprint density at radius 2 is 2.35 bits per heavy atom. The Morgan fingerprint density at radius 3 is 2.95 bits per heavy atom. The molecular weight excluding hydrogens is 288 g/mol. The Kier molecular flexibility index (Phi) is 4.35. The van der Waals surface area contributed by atoms with Gasteiger partial charge in [-0.3, -0.25) is 4.79 Å². The number of aliphatic carboxylic acids is 1. The van der Waals surface area contributed by atoms with Gasteiger partial charge in [0.15, 0.2) is 5.82 Å². The Morgan fingerprint density at radius 1 is 1.60 bits per heavy atom. The maximum Gasteiger partial charge on any atom is 0.307 e. The summed E-state index contributed by atoms with van der Waals surface area (Å²) in [5, 5.41) is 12.5. The summed E-state index contributed by atoms with van der Waals surface area (Å²) in [6, 6.07) is 0. The van der Waals surface area contributed by atoms with Crippen LogP contribution in [0.1, 0.15) is 24.6 Å². The molecule has 1 aliphatic heterocycles. The van der Waals surface area contributed by atoms with Crippen LogP contribution in [0.4, 0.5) is 0 Å². The summed E-state index contributed by atoms with van der Waals surface area (Å²) in [5.41, 5.74) is 0. The maximum absolute atomic E-state index is 12.1. The number of nitrogens with zero attached hydrogens (tertiary/aromatic N) is 3. The highest BCUT2D eigenvalue weighted by Crippen LogP contribution is 2.18. The van der Waals surface area contributed by atoms with Gasteiger partial charge in [-0.1, -0.05) is 5.16 Å². The molecule has 9 nitrogen and oxygen atoms in total. The summed E-state index contributed by atoms with van der Waals surface area (Å²) in [6.45, 7) is 1.81. The van der Waals surface area contributed by atoms with Gasteiger partial charge in [-0.25, -0.2) is 0 Å². The van der Waals surface area contributed by atoms with Crippen molar-refractivity contribution in [3.8, 4) is 0 Å². The highest BCUT2D eigenvalue weighted by atomic mass is 32.2. The molecule has 1 atom stereocenters. The molecule has 1 fully saturated rings.